The molecule has 0 saturated heterocycles. The highest BCUT2D eigenvalue weighted by molar-refractivity contribution is 8.01. The smallest absolute Gasteiger partial charge is 0.319 e. The van der Waals surface area contributed by atoms with Gasteiger partial charge in [0.25, 0.3) is 5.91 Å². The summed E-state index contributed by atoms with van der Waals surface area (Å²) in [5.41, 5.74) is 1.42. The number of nitrogens with one attached hydrogen (secondary N) is 2. The third kappa shape index (κ3) is 7.95. The molecule has 2 atom stereocenters. The molecule has 0 aliphatic heterocycles. The lowest BCUT2D eigenvalue weighted by atomic mass is 10.1. The van der Waals surface area contributed by atoms with Crippen LogP contribution in [0.5, 0.6) is 0 Å². The summed E-state index contributed by atoms with van der Waals surface area (Å²) in [7, 11) is 0. The summed E-state index contributed by atoms with van der Waals surface area (Å²) in [6, 6.07) is 14.6. The molecule has 6 nitrogen and oxygen atoms in total. The minimum absolute atomic E-state index is 0.0187. The Morgan fingerprint density at radius 2 is 1.66 bits per heavy atom. The van der Waals surface area contributed by atoms with Gasteiger partial charge in [0.1, 0.15) is 11.1 Å². The van der Waals surface area contributed by atoms with Gasteiger partial charge in [0.05, 0.1) is 11.8 Å². The molecule has 8 heteroatoms. The second-order valence-electron chi connectivity index (χ2n) is 6.32. The molecule has 0 heterocycles. The summed E-state index contributed by atoms with van der Waals surface area (Å²) in [4.78, 5) is 35.9. The van der Waals surface area contributed by atoms with E-state index in [-0.39, 0.29) is 24.3 Å². The molecule has 29 heavy (non-hydrogen) atoms. The van der Waals surface area contributed by atoms with Crippen LogP contribution in [0.25, 0.3) is 0 Å². The quantitative estimate of drug-likeness (QED) is 0.611. The summed E-state index contributed by atoms with van der Waals surface area (Å²) in [5, 5.41) is 4.75. The number of rotatable bonds is 9. The second kappa shape index (κ2) is 11.2. The van der Waals surface area contributed by atoms with Crippen LogP contribution in [-0.2, 0) is 19.1 Å². The average molecular weight is 418 g/mol. The average Bonchev–Trinajstić information content (AvgIpc) is 2.72. The molecular weight excluding hydrogens is 395 g/mol. The predicted octanol–water partition coefficient (Wildman–Crippen LogP) is 3.31. The van der Waals surface area contributed by atoms with Crippen LogP contribution in [-0.4, -0.2) is 35.4 Å². The van der Waals surface area contributed by atoms with Crippen LogP contribution in [0.4, 0.5) is 10.1 Å². The lowest BCUT2D eigenvalue weighted by molar-refractivity contribution is -0.147. The van der Waals surface area contributed by atoms with Crippen molar-refractivity contribution in [3.63, 3.8) is 0 Å². The summed E-state index contributed by atoms with van der Waals surface area (Å²) in [6.45, 7) is 3.05. The molecule has 0 aliphatic rings. The standard InChI is InChI=1S/C21H23FN2O4S/c1-14(16-6-4-3-5-7-16)23-19(25)12-28-21(27)15(2)29-13-20(26)24-18-10-8-17(22)9-11-18/h3-11,14-15H,12-13H2,1-2H3,(H,23,25)(H,24,26)/t14-,15+/m0/s1. The van der Waals surface area contributed by atoms with Gasteiger partial charge in [0, 0.05) is 5.69 Å². The Balaban J connectivity index is 1.68. The molecule has 0 radical (unpaired) electrons. The maximum Gasteiger partial charge on any atom is 0.319 e. The zero-order valence-corrected chi connectivity index (χ0v) is 17.0. The number of carbonyl (C=O) groups is 3. The zero-order chi connectivity index (χ0) is 21.2. The number of amides is 2. The van der Waals surface area contributed by atoms with Crippen LogP contribution in [0.1, 0.15) is 25.5 Å². The van der Waals surface area contributed by atoms with Crippen molar-refractivity contribution in [2.24, 2.45) is 0 Å². The number of hydrogen-bond donors (Lipinski definition) is 2. The van der Waals surface area contributed by atoms with Crippen molar-refractivity contribution in [3.8, 4) is 0 Å². The van der Waals surface area contributed by atoms with Gasteiger partial charge < -0.3 is 15.4 Å². The molecule has 0 bridgehead atoms. The normalized spacial score (nSPS) is 12.5. The van der Waals surface area contributed by atoms with E-state index in [4.69, 9.17) is 4.74 Å². The predicted molar refractivity (Wildman–Crippen MR) is 111 cm³/mol. The number of benzene rings is 2. The summed E-state index contributed by atoms with van der Waals surface area (Å²) in [5.74, 6) is -1.68. The fourth-order valence-corrected chi connectivity index (χ4v) is 3.04. The molecule has 0 aromatic heterocycles. The van der Waals surface area contributed by atoms with E-state index in [1.165, 1.54) is 24.3 Å². The highest BCUT2D eigenvalue weighted by Gasteiger charge is 2.19. The van der Waals surface area contributed by atoms with Crippen LogP contribution in [0.15, 0.2) is 54.6 Å². The van der Waals surface area contributed by atoms with E-state index < -0.39 is 22.9 Å². The van der Waals surface area contributed by atoms with E-state index in [0.29, 0.717) is 5.69 Å². The third-order valence-corrected chi connectivity index (χ3v) is 5.07. The van der Waals surface area contributed by atoms with Crippen molar-refractivity contribution in [2.75, 3.05) is 17.7 Å². The summed E-state index contributed by atoms with van der Waals surface area (Å²) < 4.78 is 17.9. The van der Waals surface area contributed by atoms with Crippen LogP contribution in [0, 0.1) is 5.82 Å². The first-order chi connectivity index (χ1) is 13.8. The van der Waals surface area contributed by atoms with E-state index >= 15 is 0 Å². The first-order valence-corrected chi connectivity index (χ1v) is 10.1. The van der Waals surface area contributed by atoms with Crippen LogP contribution in [0.3, 0.4) is 0 Å². The van der Waals surface area contributed by atoms with Crippen molar-refractivity contribution < 1.29 is 23.5 Å². The van der Waals surface area contributed by atoms with Crippen LogP contribution < -0.4 is 10.6 Å². The van der Waals surface area contributed by atoms with E-state index in [2.05, 4.69) is 10.6 Å². The fourth-order valence-electron chi connectivity index (χ4n) is 2.36. The van der Waals surface area contributed by atoms with Crippen molar-refractivity contribution in [2.45, 2.75) is 25.1 Å². The molecule has 0 spiro atoms. The van der Waals surface area contributed by atoms with Gasteiger partial charge in [-0.2, -0.15) is 0 Å². The number of ether oxygens (including phenoxy) is 1. The summed E-state index contributed by atoms with van der Waals surface area (Å²) in [6.07, 6.45) is 0. The van der Waals surface area contributed by atoms with E-state index in [9.17, 15) is 18.8 Å². The van der Waals surface area contributed by atoms with Crippen LogP contribution in [0.2, 0.25) is 0 Å². The molecule has 2 amide bonds. The van der Waals surface area contributed by atoms with Crippen molar-refractivity contribution >= 4 is 35.2 Å². The molecule has 2 aromatic rings. The van der Waals surface area contributed by atoms with Gasteiger partial charge >= 0.3 is 5.97 Å². The zero-order valence-electron chi connectivity index (χ0n) is 16.2. The largest absolute Gasteiger partial charge is 0.455 e. The van der Waals surface area contributed by atoms with E-state index in [0.717, 1.165) is 17.3 Å². The third-order valence-electron chi connectivity index (χ3n) is 3.95. The molecule has 0 fully saturated rings. The SMILES string of the molecule is C[C@H](NC(=O)COC(=O)[C@@H](C)SCC(=O)Nc1ccc(F)cc1)c1ccccc1. The van der Waals surface area contributed by atoms with Gasteiger partial charge in [-0.1, -0.05) is 30.3 Å². The Kier molecular flexibility index (Phi) is 8.67. The van der Waals surface area contributed by atoms with Gasteiger partial charge in [0.2, 0.25) is 5.91 Å². The summed E-state index contributed by atoms with van der Waals surface area (Å²) >= 11 is 1.09. The Hall–Kier alpha value is -2.87. The van der Waals surface area contributed by atoms with Crippen LogP contribution >= 0.6 is 11.8 Å². The lowest BCUT2D eigenvalue weighted by Crippen LogP contribution is -2.32. The first-order valence-electron chi connectivity index (χ1n) is 9.03. The Morgan fingerprint density at radius 1 is 1.00 bits per heavy atom. The van der Waals surface area contributed by atoms with Gasteiger partial charge in [-0.15, -0.1) is 11.8 Å². The fraction of sp³-hybridized carbons (Fsp3) is 0.286. The van der Waals surface area contributed by atoms with Gasteiger partial charge in [-0.3, -0.25) is 14.4 Å². The van der Waals surface area contributed by atoms with E-state index in [1.807, 2.05) is 37.3 Å². The van der Waals surface area contributed by atoms with E-state index in [1.54, 1.807) is 6.92 Å². The number of thioether (sulfide) groups is 1. The van der Waals surface area contributed by atoms with Crippen molar-refractivity contribution in [1.29, 1.82) is 0 Å². The second-order valence-corrected chi connectivity index (χ2v) is 7.65. The Labute approximate surface area is 173 Å². The molecule has 0 saturated carbocycles. The maximum absolute atomic E-state index is 12.9. The van der Waals surface area contributed by atoms with Gasteiger partial charge in [-0.05, 0) is 43.7 Å². The molecule has 0 aliphatic carbocycles. The highest BCUT2D eigenvalue weighted by atomic mass is 32.2. The van der Waals surface area contributed by atoms with Gasteiger partial charge in [0.15, 0.2) is 6.61 Å². The molecule has 154 valence electrons. The minimum Gasteiger partial charge on any atom is -0.455 e. The number of anilines is 1. The Bertz CT molecular complexity index is 830. The molecular formula is C21H23FN2O4S. The monoisotopic (exact) mass is 418 g/mol. The molecule has 2 aromatic carbocycles. The minimum atomic E-state index is -0.617. The number of halogens is 1. The maximum atomic E-state index is 12.9. The number of carbonyl (C=O) groups excluding carboxylic acids is 3. The number of hydrogen-bond acceptors (Lipinski definition) is 5. The molecule has 2 rings (SSSR count). The first kappa shape index (κ1) is 22.4. The van der Waals surface area contributed by atoms with Crippen molar-refractivity contribution in [3.05, 3.63) is 66.0 Å². The molecule has 2 N–H and O–H groups in total. The lowest BCUT2D eigenvalue weighted by Gasteiger charge is -2.15. The topological polar surface area (TPSA) is 84.5 Å². The highest BCUT2D eigenvalue weighted by Crippen LogP contribution is 2.14. The Morgan fingerprint density at radius 3 is 2.31 bits per heavy atom. The van der Waals surface area contributed by atoms with Crippen molar-refractivity contribution in [1.82, 2.24) is 5.32 Å². The molecule has 0 unspecified atom stereocenters. The number of esters is 1. The van der Waals surface area contributed by atoms with Gasteiger partial charge in [-0.25, -0.2) is 4.39 Å².